The van der Waals surface area contributed by atoms with E-state index >= 15 is 0 Å². The van der Waals surface area contributed by atoms with Crippen molar-refractivity contribution in [2.45, 2.75) is 52.4 Å². The van der Waals surface area contributed by atoms with Crippen molar-refractivity contribution < 1.29 is 24.7 Å². The highest BCUT2D eigenvalue weighted by Crippen LogP contribution is 2.22. The number of unbranched alkanes of at least 4 members (excludes halogenated alkanes) is 2. The summed E-state index contributed by atoms with van der Waals surface area (Å²) in [6, 6.07) is 30.1. The molecule has 0 saturated carbocycles. The molecule has 1 amide bonds. The Morgan fingerprint density at radius 3 is 1.48 bits per heavy atom. The van der Waals surface area contributed by atoms with E-state index in [9.17, 15) is 19.2 Å². The number of ether oxygens (including phenoxy) is 1. The number of carbonyl (C=O) groups is 2. The first-order chi connectivity index (χ1) is 27.2. The summed E-state index contributed by atoms with van der Waals surface area (Å²) in [6.07, 6.45) is 3.56. The third-order valence-corrected chi connectivity index (χ3v) is 8.78. The Bertz CT molecular complexity index is 2170. The van der Waals surface area contributed by atoms with Crippen LogP contribution in [0.5, 0.6) is 0 Å². The van der Waals surface area contributed by atoms with Gasteiger partial charge in [-0.1, -0.05) is 48.5 Å². The van der Waals surface area contributed by atoms with E-state index in [0.717, 1.165) is 42.0 Å². The second kappa shape index (κ2) is 21.5. The quantitative estimate of drug-likeness (QED) is 0.0348. The van der Waals surface area contributed by atoms with Gasteiger partial charge in [-0.15, -0.1) is 0 Å². The van der Waals surface area contributed by atoms with Crippen LogP contribution in [-0.4, -0.2) is 61.6 Å². The normalized spacial score (nSPS) is 10.5. The number of esters is 1. The van der Waals surface area contributed by atoms with Crippen molar-refractivity contribution in [1.29, 1.82) is 0 Å². The van der Waals surface area contributed by atoms with Gasteiger partial charge in [0.15, 0.2) is 0 Å². The molecule has 0 atom stereocenters. The van der Waals surface area contributed by atoms with E-state index in [1.807, 2.05) is 111 Å². The zero-order valence-corrected chi connectivity index (χ0v) is 31.7. The highest BCUT2D eigenvalue weighted by atomic mass is 16.5. The molecule has 7 N–H and O–H groups in total. The summed E-state index contributed by atoms with van der Waals surface area (Å²) in [5, 5.41) is 22.7. The van der Waals surface area contributed by atoms with Gasteiger partial charge >= 0.3 is 5.97 Å². The van der Waals surface area contributed by atoms with Crippen molar-refractivity contribution >= 4 is 45.1 Å². The van der Waals surface area contributed by atoms with Crippen molar-refractivity contribution in [2.75, 3.05) is 30.8 Å². The maximum absolute atomic E-state index is 13.2. The fourth-order valence-electron chi connectivity index (χ4n) is 6.15. The Balaban J connectivity index is 0.000000238. The van der Waals surface area contributed by atoms with Crippen LogP contribution in [0.1, 0.15) is 50.2 Å². The van der Waals surface area contributed by atoms with Crippen LogP contribution in [0.3, 0.4) is 0 Å². The molecule has 2 heterocycles. The third-order valence-electron chi connectivity index (χ3n) is 8.78. The molecule has 0 fully saturated rings. The van der Waals surface area contributed by atoms with Gasteiger partial charge in [-0.25, -0.2) is 21.3 Å². The predicted molar refractivity (Wildman–Crippen MR) is 217 cm³/mol. The van der Waals surface area contributed by atoms with Gasteiger partial charge in [0.25, 0.3) is 11.1 Å². The number of nitrogens with two attached hydrogens (primary N) is 1. The number of amides is 1. The fraction of sp³-hybridized carbons (Fsp3) is 0.268. The minimum Gasteiger partial charge on any atom is -0.469 e. The Morgan fingerprint density at radius 1 is 0.643 bits per heavy atom. The second-order valence-electron chi connectivity index (χ2n) is 12.5. The van der Waals surface area contributed by atoms with Crippen molar-refractivity contribution in [3.05, 3.63) is 129 Å². The summed E-state index contributed by atoms with van der Waals surface area (Å²) in [5.41, 5.74) is 5.78. The highest BCUT2D eigenvalue weighted by Gasteiger charge is 2.15. The first-order valence-corrected chi connectivity index (χ1v) is 18.1. The second-order valence-corrected chi connectivity index (χ2v) is 12.5. The van der Waals surface area contributed by atoms with Crippen molar-refractivity contribution in [3.63, 3.8) is 0 Å². The number of aryl methyl sites for hydroxylation is 2. The smallest absolute Gasteiger partial charge is 0.305 e. The van der Waals surface area contributed by atoms with Gasteiger partial charge in [0.05, 0.1) is 40.3 Å². The van der Waals surface area contributed by atoms with Crippen LogP contribution in [-0.2, 0) is 14.3 Å². The van der Waals surface area contributed by atoms with Gasteiger partial charge in [0.2, 0.25) is 5.91 Å². The molecule has 0 aliphatic rings. The summed E-state index contributed by atoms with van der Waals surface area (Å²) < 4.78 is 7.88. The van der Waals surface area contributed by atoms with Crippen LogP contribution in [0.2, 0.25) is 0 Å². The van der Waals surface area contributed by atoms with Gasteiger partial charge in [-0.3, -0.25) is 33.5 Å². The Kier molecular flexibility index (Phi) is 16.2. The van der Waals surface area contributed by atoms with Gasteiger partial charge < -0.3 is 20.6 Å². The molecule has 6 rings (SSSR count). The fourth-order valence-corrected chi connectivity index (χ4v) is 6.15. The predicted octanol–water partition coefficient (Wildman–Crippen LogP) is 5.57. The maximum Gasteiger partial charge on any atom is 0.305 e. The number of methoxy groups -OCH3 is 1. The molecule has 0 aliphatic heterocycles. The lowest BCUT2D eigenvalue weighted by atomic mass is 10.1. The van der Waals surface area contributed by atoms with E-state index in [4.69, 9.17) is 10.4 Å². The molecule has 0 radical (unpaired) electrons. The first-order valence-electron chi connectivity index (χ1n) is 18.1. The Labute approximate surface area is 323 Å². The summed E-state index contributed by atoms with van der Waals surface area (Å²) in [4.78, 5) is 57.8. The molecule has 15 heteroatoms. The minimum atomic E-state index is -0.398. The molecule has 0 spiro atoms. The van der Waals surface area contributed by atoms with E-state index < -0.39 is 5.91 Å². The monoisotopic (exact) mass is 764 g/mol. The van der Waals surface area contributed by atoms with Gasteiger partial charge in [0, 0.05) is 37.3 Å². The first kappa shape index (κ1) is 42.3. The van der Waals surface area contributed by atoms with Crippen LogP contribution in [0.15, 0.2) is 107 Å². The average molecular weight is 765 g/mol. The van der Waals surface area contributed by atoms with E-state index in [-0.39, 0.29) is 23.5 Å². The van der Waals surface area contributed by atoms with Crippen LogP contribution >= 0.6 is 0 Å². The zero-order valence-electron chi connectivity index (χ0n) is 31.7. The van der Waals surface area contributed by atoms with Crippen LogP contribution in [0.4, 0.5) is 11.4 Å². The third kappa shape index (κ3) is 10.8. The molecule has 56 heavy (non-hydrogen) atoms. The molecule has 2 aromatic heterocycles. The molecular weight excluding hydrogens is 717 g/mol. The summed E-state index contributed by atoms with van der Waals surface area (Å²) in [6.45, 7) is 4.92. The topological polar surface area (TPSA) is 216 Å². The van der Waals surface area contributed by atoms with Gasteiger partial charge in [-0.05, 0) is 88.1 Å². The molecule has 0 saturated heterocycles. The SMILES string of the molecule is COC(=O)CCCCNc1cccc2nc(C)n(-c3ccccc3)c(=O)c12.Cc1nc2cccc(NCCCCC(=O)NO)c2c(=O)n1-c1ccccc1.NO. The minimum absolute atomic E-state index is 0.0960. The number of nitrogens with one attached hydrogen (secondary N) is 3. The van der Waals surface area contributed by atoms with Crippen molar-refractivity contribution in [1.82, 2.24) is 24.6 Å². The number of aromatic nitrogens is 4. The highest BCUT2D eigenvalue weighted by molar-refractivity contribution is 5.91. The van der Waals surface area contributed by atoms with Crippen molar-refractivity contribution in [3.8, 4) is 11.4 Å². The number of para-hydroxylation sites is 2. The zero-order chi connectivity index (χ0) is 40.5. The molecule has 0 aliphatic carbocycles. The largest absolute Gasteiger partial charge is 0.469 e. The number of anilines is 2. The number of rotatable bonds is 14. The molecule has 4 aromatic carbocycles. The van der Waals surface area contributed by atoms with E-state index in [1.54, 1.807) is 14.6 Å². The molecule has 6 aromatic rings. The molecule has 0 bridgehead atoms. The van der Waals surface area contributed by atoms with Crippen LogP contribution in [0, 0.1) is 13.8 Å². The number of hydroxylamine groups is 1. The lowest BCUT2D eigenvalue weighted by Crippen LogP contribution is -2.23. The van der Waals surface area contributed by atoms with Crippen LogP contribution < -0.4 is 33.1 Å². The lowest BCUT2D eigenvalue weighted by Gasteiger charge is -2.14. The maximum atomic E-state index is 13.2. The Hall–Kier alpha value is -6.42. The molecule has 294 valence electrons. The van der Waals surface area contributed by atoms with Gasteiger partial charge in [-0.2, -0.15) is 0 Å². The lowest BCUT2D eigenvalue weighted by molar-refractivity contribution is -0.140. The standard InChI is InChI=1S/C21H23N3O3.C20H22N4O3.H3NO/c1-15-23-18-12-8-11-17(22-14-7-6-13-19(25)27-2)20(18)21(26)24(15)16-9-4-3-5-10-16;1-14-22-17-11-7-10-16(21-13-6-5-12-18(25)23-27)19(17)20(26)24(14)15-8-3-2-4-9-15;1-2/h3-5,8-12,22H,6-7,13-14H2,1-2H3;2-4,7-11,21,27H,5-6,12-13H2,1H3,(H,23,25);2H,1H2. The average Bonchev–Trinajstić information content (AvgIpc) is 3.22. The molecular formula is C41H48N8O7. The van der Waals surface area contributed by atoms with E-state index in [1.165, 1.54) is 7.11 Å². The summed E-state index contributed by atoms with van der Waals surface area (Å²) in [5.74, 6) is 4.18. The molecule has 0 unspecified atom stereocenters. The van der Waals surface area contributed by atoms with E-state index in [2.05, 4.69) is 31.2 Å². The number of hydrogen-bond acceptors (Lipinski definition) is 12. The summed E-state index contributed by atoms with van der Waals surface area (Å²) >= 11 is 0. The van der Waals surface area contributed by atoms with Crippen molar-refractivity contribution in [2.24, 2.45) is 5.90 Å². The number of fused-ring (bicyclic) bond motifs is 2. The number of carbonyl (C=O) groups excluding carboxylic acids is 2. The molecule has 15 nitrogen and oxygen atoms in total. The number of benzene rings is 4. The number of nitrogens with zero attached hydrogens (tertiary/aromatic N) is 4. The summed E-state index contributed by atoms with van der Waals surface area (Å²) in [7, 11) is 1.39. The van der Waals surface area contributed by atoms with Crippen LogP contribution in [0.25, 0.3) is 33.2 Å². The van der Waals surface area contributed by atoms with E-state index in [0.29, 0.717) is 59.4 Å². The van der Waals surface area contributed by atoms with Gasteiger partial charge in [0.1, 0.15) is 11.6 Å². The number of hydrogen-bond donors (Lipinski definition) is 6. The Morgan fingerprint density at radius 2 is 1.07 bits per heavy atom.